The molecule has 2 unspecified atom stereocenters. The number of rotatable bonds is 4. The lowest BCUT2D eigenvalue weighted by Gasteiger charge is -2.25. The SMILES string of the molecule is CN(C)CC1=C(O)CCc2occ(C(=O)C3CCCC(Br)C3)c21. The van der Waals surface area contributed by atoms with E-state index in [1.54, 1.807) is 6.26 Å². The van der Waals surface area contributed by atoms with Crippen LogP contribution in [0.25, 0.3) is 5.57 Å². The number of nitrogens with zero attached hydrogens (tertiary/aromatic N) is 1. The number of aliphatic hydroxyl groups is 1. The second-order valence-corrected chi connectivity index (χ2v) is 8.23. The fraction of sp³-hybridized carbons (Fsp3) is 0.611. The van der Waals surface area contributed by atoms with Crippen molar-refractivity contribution in [2.75, 3.05) is 20.6 Å². The van der Waals surface area contributed by atoms with Gasteiger partial charge in [-0.1, -0.05) is 22.4 Å². The van der Waals surface area contributed by atoms with Gasteiger partial charge in [-0.15, -0.1) is 0 Å². The fourth-order valence-corrected chi connectivity index (χ4v) is 4.47. The summed E-state index contributed by atoms with van der Waals surface area (Å²) >= 11 is 3.66. The highest BCUT2D eigenvalue weighted by Crippen LogP contribution is 2.38. The van der Waals surface area contributed by atoms with E-state index in [2.05, 4.69) is 15.9 Å². The van der Waals surface area contributed by atoms with Crippen LogP contribution >= 0.6 is 15.9 Å². The first-order chi connectivity index (χ1) is 11.0. The average Bonchev–Trinajstić information content (AvgIpc) is 2.93. The largest absolute Gasteiger partial charge is 0.512 e. The Morgan fingerprint density at radius 3 is 2.87 bits per heavy atom. The van der Waals surface area contributed by atoms with Crippen molar-refractivity contribution in [1.82, 2.24) is 4.90 Å². The quantitative estimate of drug-likeness (QED) is 0.627. The minimum absolute atomic E-state index is 0.0551. The van der Waals surface area contributed by atoms with E-state index < -0.39 is 0 Å². The number of fused-ring (bicyclic) bond motifs is 1. The molecule has 0 aliphatic heterocycles. The third-order valence-corrected chi connectivity index (χ3v) is 5.66. The summed E-state index contributed by atoms with van der Waals surface area (Å²) in [5, 5.41) is 10.3. The summed E-state index contributed by atoms with van der Waals surface area (Å²) < 4.78 is 5.69. The molecule has 1 saturated carbocycles. The van der Waals surface area contributed by atoms with Gasteiger partial charge in [0.1, 0.15) is 12.0 Å². The van der Waals surface area contributed by atoms with Gasteiger partial charge in [-0.05, 0) is 33.4 Å². The van der Waals surface area contributed by atoms with Gasteiger partial charge in [-0.25, -0.2) is 0 Å². The van der Waals surface area contributed by atoms with Gasteiger partial charge in [0.15, 0.2) is 5.78 Å². The number of carbonyl (C=O) groups is 1. The zero-order valence-electron chi connectivity index (χ0n) is 13.8. The van der Waals surface area contributed by atoms with E-state index in [4.69, 9.17) is 4.42 Å². The Labute approximate surface area is 145 Å². The van der Waals surface area contributed by atoms with Gasteiger partial charge in [0.2, 0.25) is 0 Å². The average molecular weight is 382 g/mol. The topological polar surface area (TPSA) is 53.7 Å². The van der Waals surface area contributed by atoms with Crippen LogP contribution in [0.5, 0.6) is 0 Å². The minimum Gasteiger partial charge on any atom is -0.512 e. The van der Waals surface area contributed by atoms with Crippen molar-refractivity contribution in [3.63, 3.8) is 0 Å². The van der Waals surface area contributed by atoms with Crippen molar-refractivity contribution in [2.45, 2.75) is 43.4 Å². The van der Waals surface area contributed by atoms with Gasteiger partial charge in [0, 0.05) is 41.3 Å². The Kier molecular flexibility index (Phi) is 4.97. The van der Waals surface area contributed by atoms with E-state index in [1.165, 1.54) is 0 Å². The first-order valence-corrected chi connectivity index (χ1v) is 9.23. The lowest BCUT2D eigenvalue weighted by molar-refractivity contribution is 0.0891. The lowest BCUT2D eigenvalue weighted by Crippen LogP contribution is -2.25. The van der Waals surface area contributed by atoms with Crippen molar-refractivity contribution < 1.29 is 14.3 Å². The first kappa shape index (κ1) is 16.8. The number of Topliss-reactive ketones (excluding diaryl/α,β-unsaturated/α-hetero) is 1. The van der Waals surface area contributed by atoms with Gasteiger partial charge in [0.05, 0.1) is 11.3 Å². The number of aryl methyl sites for hydroxylation is 1. The Morgan fingerprint density at radius 2 is 2.17 bits per heavy atom. The number of likely N-dealkylation sites (N-methyl/N-ethyl adjacent to an activating group) is 1. The zero-order chi connectivity index (χ0) is 16.6. The zero-order valence-corrected chi connectivity index (χ0v) is 15.4. The third-order valence-electron chi connectivity index (χ3n) is 4.83. The highest BCUT2D eigenvalue weighted by molar-refractivity contribution is 9.09. The molecule has 1 N–H and O–H groups in total. The van der Waals surface area contributed by atoms with Gasteiger partial charge in [-0.2, -0.15) is 0 Å². The highest BCUT2D eigenvalue weighted by atomic mass is 79.9. The smallest absolute Gasteiger partial charge is 0.169 e. The summed E-state index contributed by atoms with van der Waals surface area (Å²) in [6.45, 7) is 0.615. The summed E-state index contributed by atoms with van der Waals surface area (Å²) in [6, 6.07) is 0. The summed E-state index contributed by atoms with van der Waals surface area (Å²) in [6.07, 6.45) is 6.91. The van der Waals surface area contributed by atoms with Crippen molar-refractivity contribution >= 4 is 27.3 Å². The molecule has 1 heterocycles. The lowest BCUT2D eigenvalue weighted by atomic mass is 9.81. The number of hydrogen-bond donors (Lipinski definition) is 1. The Hall–Kier alpha value is -1.07. The second kappa shape index (κ2) is 6.81. The van der Waals surface area contributed by atoms with E-state index in [-0.39, 0.29) is 11.7 Å². The maximum Gasteiger partial charge on any atom is 0.169 e. The molecule has 23 heavy (non-hydrogen) atoms. The maximum absolute atomic E-state index is 13.0. The molecule has 2 aliphatic carbocycles. The van der Waals surface area contributed by atoms with Crippen LogP contribution in [0.2, 0.25) is 0 Å². The number of carbonyl (C=O) groups excluding carboxylic acids is 1. The van der Waals surface area contributed by atoms with E-state index in [0.29, 0.717) is 35.5 Å². The Balaban J connectivity index is 1.94. The number of ketones is 1. The van der Waals surface area contributed by atoms with Crippen LogP contribution in [0.3, 0.4) is 0 Å². The predicted octanol–water partition coefficient (Wildman–Crippen LogP) is 4.19. The highest BCUT2D eigenvalue weighted by Gasteiger charge is 2.33. The fourth-order valence-electron chi connectivity index (χ4n) is 3.70. The monoisotopic (exact) mass is 381 g/mol. The molecule has 2 atom stereocenters. The van der Waals surface area contributed by atoms with Crippen LogP contribution in [-0.4, -0.2) is 41.3 Å². The van der Waals surface area contributed by atoms with Gasteiger partial charge in [0.25, 0.3) is 0 Å². The van der Waals surface area contributed by atoms with Gasteiger partial charge >= 0.3 is 0 Å². The number of hydrogen-bond acceptors (Lipinski definition) is 4. The molecule has 1 fully saturated rings. The minimum atomic E-state index is 0.0551. The number of furan rings is 1. The molecule has 5 heteroatoms. The molecular formula is C18H24BrNO3. The van der Waals surface area contributed by atoms with Crippen molar-refractivity contribution in [1.29, 1.82) is 0 Å². The van der Waals surface area contributed by atoms with Crippen LogP contribution in [-0.2, 0) is 6.42 Å². The molecule has 0 aromatic carbocycles. The Morgan fingerprint density at radius 1 is 1.39 bits per heavy atom. The maximum atomic E-state index is 13.0. The molecule has 4 nitrogen and oxygen atoms in total. The standard InChI is InChI=1S/C18H24BrNO3/c1-20(2)9-13-15(21)6-7-16-17(13)14(10-23-16)18(22)11-4-3-5-12(19)8-11/h10-12,21H,3-9H2,1-2H3. The van der Waals surface area contributed by atoms with Crippen LogP contribution in [0, 0.1) is 5.92 Å². The molecule has 0 saturated heterocycles. The van der Waals surface area contributed by atoms with Gasteiger partial charge < -0.3 is 14.4 Å². The van der Waals surface area contributed by atoms with Crippen LogP contribution < -0.4 is 0 Å². The number of alkyl halides is 1. The summed E-state index contributed by atoms with van der Waals surface area (Å²) in [5.41, 5.74) is 2.36. The molecule has 126 valence electrons. The first-order valence-electron chi connectivity index (χ1n) is 8.32. The van der Waals surface area contributed by atoms with Crippen molar-refractivity contribution in [3.05, 3.63) is 28.9 Å². The predicted molar refractivity (Wildman–Crippen MR) is 94.1 cm³/mol. The van der Waals surface area contributed by atoms with E-state index >= 15 is 0 Å². The van der Waals surface area contributed by atoms with Crippen molar-refractivity contribution in [3.8, 4) is 0 Å². The van der Waals surface area contributed by atoms with Gasteiger partial charge in [-0.3, -0.25) is 4.79 Å². The Bertz CT molecular complexity index is 632. The number of aliphatic hydroxyl groups excluding tert-OH is 1. The molecule has 0 spiro atoms. The molecule has 0 amide bonds. The number of halogens is 1. The van der Waals surface area contributed by atoms with E-state index in [9.17, 15) is 9.90 Å². The summed E-state index contributed by atoms with van der Waals surface area (Å²) in [5.74, 6) is 1.46. The summed E-state index contributed by atoms with van der Waals surface area (Å²) in [4.78, 5) is 15.5. The van der Waals surface area contributed by atoms with Crippen LogP contribution in [0.15, 0.2) is 16.4 Å². The molecule has 3 rings (SSSR count). The second-order valence-electron chi connectivity index (χ2n) is 6.94. The molecule has 1 aromatic heterocycles. The van der Waals surface area contributed by atoms with E-state index in [0.717, 1.165) is 42.6 Å². The molecule has 2 aliphatic rings. The van der Waals surface area contributed by atoms with Crippen LogP contribution in [0.4, 0.5) is 0 Å². The van der Waals surface area contributed by atoms with Crippen molar-refractivity contribution in [2.24, 2.45) is 5.92 Å². The van der Waals surface area contributed by atoms with Crippen LogP contribution in [0.1, 0.15) is 53.8 Å². The summed E-state index contributed by atoms with van der Waals surface area (Å²) in [7, 11) is 3.93. The third kappa shape index (κ3) is 3.41. The normalized spacial score (nSPS) is 24.9. The van der Waals surface area contributed by atoms with E-state index in [1.807, 2.05) is 19.0 Å². The molecule has 1 aromatic rings. The molecule has 0 bridgehead atoms. The molecule has 0 radical (unpaired) electrons. The number of allylic oxidation sites excluding steroid dienone is 1. The molecular weight excluding hydrogens is 358 g/mol.